The Morgan fingerprint density at radius 3 is 2.15 bits per heavy atom. The number of hydrogen-bond donors (Lipinski definition) is 1. The number of aromatic nitrogens is 2. The van der Waals surface area contributed by atoms with Gasteiger partial charge in [0.1, 0.15) is 6.54 Å². The maximum atomic E-state index is 13.8. The van der Waals surface area contributed by atoms with Gasteiger partial charge < -0.3 is 10.2 Å². The minimum absolute atomic E-state index is 0.239. The van der Waals surface area contributed by atoms with Crippen molar-refractivity contribution >= 4 is 28.4 Å². The Balaban J connectivity index is 1.62. The zero-order valence-corrected chi connectivity index (χ0v) is 19.5. The minimum atomic E-state index is -4.35. The molecular weight excluding hydrogens is 425 g/mol. The third kappa shape index (κ3) is 4.97. The first kappa shape index (κ1) is 22.1. The summed E-state index contributed by atoms with van der Waals surface area (Å²) in [7, 11) is 0. The van der Waals surface area contributed by atoms with Crippen LogP contribution in [0.15, 0.2) is 30.3 Å². The molecule has 0 spiro atoms. The van der Waals surface area contributed by atoms with Gasteiger partial charge in [-0.1, -0.05) is 23.8 Å². The number of nitrogens with one attached hydrogen (secondary N) is 1. The molecule has 7 heteroatoms. The molecule has 5 rings (SSSR count). The summed E-state index contributed by atoms with van der Waals surface area (Å²) < 4.78 is 42.6. The topological polar surface area (TPSA) is 33.1 Å². The molecule has 2 aliphatic carbocycles. The zero-order valence-electron chi connectivity index (χ0n) is 19.5. The summed E-state index contributed by atoms with van der Waals surface area (Å²) in [6.45, 7) is 6.70. The van der Waals surface area contributed by atoms with Gasteiger partial charge in [0.25, 0.3) is 0 Å². The van der Waals surface area contributed by atoms with Crippen LogP contribution in [0.2, 0.25) is 0 Å². The highest BCUT2D eigenvalue weighted by atomic mass is 19.4. The van der Waals surface area contributed by atoms with Crippen LogP contribution in [0, 0.1) is 32.6 Å². The van der Waals surface area contributed by atoms with E-state index in [1.807, 2.05) is 51.1 Å². The van der Waals surface area contributed by atoms with Crippen LogP contribution >= 0.6 is 0 Å². The number of halogens is 3. The molecule has 1 heterocycles. The van der Waals surface area contributed by atoms with E-state index in [9.17, 15) is 13.2 Å². The molecule has 176 valence electrons. The second-order valence-electron chi connectivity index (χ2n) is 9.97. The van der Waals surface area contributed by atoms with E-state index in [1.54, 1.807) is 0 Å². The second kappa shape index (κ2) is 8.26. The number of para-hydroxylation sites is 1. The zero-order chi connectivity index (χ0) is 23.3. The Bertz CT molecular complexity index is 1140. The fourth-order valence-electron chi connectivity index (χ4n) is 4.83. The highest BCUT2D eigenvalue weighted by molar-refractivity contribution is 5.92. The molecule has 2 aromatic carbocycles. The van der Waals surface area contributed by atoms with Crippen molar-refractivity contribution in [2.75, 3.05) is 23.3 Å². The SMILES string of the molecule is Cc1cc(C)c(Nc2nc3cccc(N(CC4CC4)CC4CC4)c3n2CC(F)(F)F)c(C)c1. The van der Waals surface area contributed by atoms with Gasteiger partial charge in [-0.3, -0.25) is 4.57 Å². The van der Waals surface area contributed by atoms with Crippen LogP contribution in [-0.2, 0) is 6.54 Å². The smallest absolute Gasteiger partial charge is 0.369 e. The van der Waals surface area contributed by atoms with Crippen molar-refractivity contribution in [1.29, 1.82) is 0 Å². The molecule has 0 saturated heterocycles. The van der Waals surface area contributed by atoms with Gasteiger partial charge in [-0.25, -0.2) is 4.98 Å². The van der Waals surface area contributed by atoms with E-state index < -0.39 is 12.7 Å². The number of benzene rings is 2. The van der Waals surface area contributed by atoms with Crippen LogP contribution in [0.25, 0.3) is 11.0 Å². The molecule has 0 unspecified atom stereocenters. The lowest BCUT2D eigenvalue weighted by atomic mass is 10.1. The fourth-order valence-corrected chi connectivity index (χ4v) is 4.83. The molecule has 3 aromatic rings. The van der Waals surface area contributed by atoms with Gasteiger partial charge in [0.15, 0.2) is 0 Å². The molecule has 33 heavy (non-hydrogen) atoms. The van der Waals surface area contributed by atoms with E-state index in [0.717, 1.165) is 41.2 Å². The molecule has 1 aromatic heterocycles. The van der Waals surface area contributed by atoms with Crippen molar-refractivity contribution < 1.29 is 13.2 Å². The molecule has 0 amide bonds. The molecule has 1 N–H and O–H groups in total. The number of fused-ring (bicyclic) bond motifs is 1. The number of rotatable bonds is 8. The molecule has 0 atom stereocenters. The lowest BCUT2D eigenvalue weighted by Gasteiger charge is -2.26. The Labute approximate surface area is 192 Å². The largest absolute Gasteiger partial charge is 0.406 e. The van der Waals surface area contributed by atoms with Crippen LogP contribution in [0.5, 0.6) is 0 Å². The van der Waals surface area contributed by atoms with Crippen molar-refractivity contribution in [1.82, 2.24) is 9.55 Å². The Morgan fingerprint density at radius 1 is 1.00 bits per heavy atom. The highest BCUT2D eigenvalue weighted by Crippen LogP contribution is 2.40. The van der Waals surface area contributed by atoms with E-state index in [1.165, 1.54) is 30.3 Å². The van der Waals surface area contributed by atoms with Crippen molar-refractivity contribution in [3.8, 4) is 0 Å². The third-order valence-corrected chi connectivity index (χ3v) is 6.69. The minimum Gasteiger partial charge on any atom is -0.369 e. The van der Waals surface area contributed by atoms with Crippen LogP contribution in [-0.4, -0.2) is 28.8 Å². The predicted molar refractivity (Wildman–Crippen MR) is 127 cm³/mol. The Hall–Kier alpha value is -2.70. The quantitative estimate of drug-likeness (QED) is 0.400. The van der Waals surface area contributed by atoms with Crippen molar-refractivity contribution in [2.45, 2.75) is 59.2 Å². The first-order valence-corrected chi connectivity index (χ1v) is 11.8. The monoisotopic (exact) mass is 456 g/mol. The highest BCUT2D eigenvalue weighted by Gasteiger charge is 2.34. The van der Waals surface area contributed by atoms with E-state index in [-0.39, 0.29) is 5.95 Å². The first-order valence-electron chi connectivity index (χ1n) is 11.8. The van der Waals surface area contributed by atoms with Crippen LogP contribution < -0.4 is 10.2 Å². The summed E-state index contributed by atoms with van der Waals surface area (Å²) in [6, 6.07) is 9.77. The van der Waals surface area contributed by atoms with E-state index >= 15 is 0 Å². The number of hydrogen-bond acceptors (Lipinski definition) is 3. The molecule has 4 nitrogen and oxygen atoms in total. The third-order valence-electron chi connectivity index (χ3n) is 6.69. The first-order chi connectivity index (χ1) is 15.7. The molecule has 2 fully saturated rings. The van der Waals surface area contributed by atoms with Gasteiger partial charge in [-0.2, -0.15) is 13.2 Å². The van der Waals surface area contributed by atoms with Crippen molar-refractivity contribution in [3.63, 3.8) is 0 Å². The van der Waals surface area contributed by atoms with Gasteiger partial charge in [0.2, 0.25) is 5.95 Å². The lowest BCUT2D eigenvalue weighted by Crippen LogP contribution is -2.29. The summed E-state index contributed by atoms with van der Waals surface area (Å²) in [6.07, 6.45) is 0.470. The van der Waals surface area contributed by atoms with Gasteiger partial charge in [0, 0.05) is 18.8 Å². The molecule has 0 aliphatic heterocycles. The van der Waals surface area contributed by atoms with Crippen LogP contribution in [0.3, 0.4) is 0 Å². The summed E-state index contributed by atoms with van der Waals surface area (Å²) in [5, 5.41) is 3.25. The molecule has 2 aliphatic rings. The van der Waals surface area contributed by atoms with Crippen molar-refractivity contribution in [2.24, 2.45) is 11.8 Å². The summed E-state index contributed by atoms with van der Waals surface area (Å²) in [4.78, 5) is 6.97. The van der Waals surface area contributed by atoms with E-state index in [4.69, 9.17) is 0 Å². The van der Waals surface area contributed by atoms with Crippen molar-refractivity contribution in [3.05, 3.63) is 47.0 Å². The average molecular weight is 457 g/mol. The fraction of sp³-hybridized carbons (Fsp3) is 0.500. The van der Waals surface area contributed by atoms with E-state index in [2.05, 4.69) is 15.2 Å². The van der Waals surface area contributed by atoms with Gasteiger partial charge in [-0.15, -0.1) is 0 Å². The Kier molecular flexibility index (Phi) is 5.53. The number of imidazole rings is 1. The normalized spacial score (nSPS) is 16.4. The van der Waals surface area contributed by atoms with E-state index in [0.29, 0.717) is 22.9 Å². The second-order valence-corrected chi connectivity index (χ2v) is 9.97. The number of nitrogens with zero attached hydrogens (tertiary/aromatic N) is 3. The lowest BCUT2D eigenvalue weighted by molar-refractivity contribution is -0.139. The predicted octanol–water partition coefficient (Wildman–Crippen LogP) is 6.89. The molecular formula is C26H31F3N4. The molecule has 0 radical (unpaired) electrons. The van der Waals surface area contributed by atoms with Gasteiger partial charge in [0.05, 0.1) is 16.7 Å². The number of anilines is 3. The van der Waals surface area contributed by atoms with Crippen LogP contribution in [0.4, 0.5) is 30.5 Å². The maximum absolute atomic E-state index is 13.8. The molecule has 2 saturated carbocycles. The van der Waals surface area contributed by atoms with Gasteiger partial charge in [-0.05, 0) is 81.5 Å². The summed E-state index contributed by atoms with van der Waals surface area (Å²) in [5.74, 6) is 1.53. The maximum Gasteiger partial charge on any atom is 0.406 e. The molecule has 0 bridgehead atoms. The van der Waals surface area contributed by atoms with Gasteiger partial charge >= 0.3 is 6.18 Å². The standard InChI is InChI=1S/C26H31F3N4/c1-16-11-17(2)23(18(3)12-16)31-25-30-21-5-4-6-22(24(21)33(25)15-26(27,28)29)32(13-19-7-8-19)14-20-9-10-20/h4-6,11-12,19-20H,7-10,13-15H2,1-3H3,(H,30,31). The van der Waals surface area contributed by atoms with Crippen LogP contribution in [0.1, 0.15) is 42.4 Å². The Morgan fingerprint density at radius 2 is 1.61 bits per heavy atom. The summed E-state index contributed by atoms with van der Waals surface area (Å²) >= 11 is 0. The summed E-state index contributed by atoms with van der Waals surface area (Å²) in [5.41, 5.74) is 5.95. The number of aryl methyl sites for hydroxylation is 3. The average Bonchev–Trinajstić information content (AvgIpc) is 3.64. The number of alkyl halides is 3.